The van der Waals surface area contributed by atoms with Crippen molar-refractivity contribution in [3.8, 4) is 11.5 Å². The third-order valence-electron chi connectivity index (χ3n) is 4.49. The highest BCUT2D eigenvalue weighted by atomic mass is 16.5. The Morgan fingerprint density at radius 1 is 1.26 bits per heavy atom. The van der Waals surface area contributed by atoms with Crippen LogP contribution < -0.4 is 9.47 Å². The molecule has 0 spiro atoms. The van der Waals surface area contributed by atoms with E-state index in [4.69, 9.17) is 9.47 Å². The van der Waals surface area contributed by atoms with Gasteiger partial charge in [-0.1, -0.05) is 0 Å². The molecule has 1 aromatic carbocycles. The number of rotatable bonds is 4. The molecule has 0 radical (unpaired) electrons. The number of aromatic amines is 1. The standard InChI is InChI=1S/C18H22N2O3/c1-12-10-19-11-15(12)18(21)20-8-4-5-16(20)14-9-13(22-2)6-7-17(14)23-3/h6-7,9-11,16,19H,4-5,8H2,1-3H3. The predicted octanol–water partition coefficient (Wildman–Crippen LogP) is 3.32. The summed E-state index contributed by atoms with van der Waals surface area (Å²) in [6.45, 7) is 2.70. The first-order chi connectivity index (χ1) is 11.2. The molecule has 1 amide bonds. The van der Waals surface area contributed by atoms with Crippen molar-refractivity contribution in [2.75, 3.05) is 20.8 Å². The number of likely N-dealkylation sites (tertiary alicyclic amines) is 1. The largest absolute Gasteiger partial charge is 0.497 e. The van der Waals surface area contributed by atoms with Crippen molar-refractivity contribution in [2.45, 2.75) is 25.8 Å². The van der Waals surface area contributed by atoms with Crippen molar-refractivity contribution >= 4 is 5.91 Å². The monoisotopic (exact) mass is 314 g/mol. The van der Waals surface area contributed by atoms with Gasteiger partial charge in [-0.05, 0) is 43.5 Å². The molecule has 1 atom stereocenters. The molecule has 1 aliphatic rings. The van der Waals surface area contributed by atoms with E-state index in [2.05, 4.69) is 4.98 Å². The number of nitrogens with one attached hydrogen (secondary N) is 1. The predicted molar refractivity (Wildman–Crippen MR) is 88.1 cm³/mol. The van der Waals surface area contributed by atoms with Crippen LogP contribution in [-0.4, -0.2) is 36.6 Å². The third-order valence-corrected chi connectivity index (χ3v) is 4.49. The van der Waals surface area contributed by atoms with Crippen molar-refractivity contribution in [3.05, 3.63) is 47.3 Å². The van der Waals surface area contributed by atoms with E-state index in [1.807, 2.05) is 36.2 Å². The topological polar surface area (TPSA) is 54.6 Å². The normalized spacial score (nSPS) is 17.3. The minimum atomic E-state index is 0.0156. The van der Waals surface area contributed by atoms with Gasteiger partial charge in [-0.15, -0.1) is 0 Å². The van der Waals surface area contributed by atoms with Gasteiger partial charge in [0.15, 0.2) is 0 Å². The first kappa shape index (κ1) is 15.5. The van der Waals surface area contributed by atoms with Crippen molar-refractivity contribution in [1.29, 1.82) is 0 Å². The van der Waals surface area contributed by atoms with Crippen LogP contribution in [0, 0.1) is 6.92 Å². The number of H-pyrrole nitrogens is 1. The molecule has 122 valence electrons. The van der Waals surface area contributed by atoms with Gasteiger partial charge >= 0.3 is 0 Å². The number of amides is 1. The van der Waals surface area contributed by atoms with Crippen LogP contribution in [0.2, 0.25) is 0 Å². The Bertz CT molecular complexity index is 708. The number of aryl methyl sites for hydroxylation is 1. The molecular formula is C18H22N2O3. The molecule has 2 aromatic rings. The van der Waals surface area contributed by atoms with Crippen molar-refractivity contribution in [1.82, 2.24) is 9.88 Å². The fourth-order valence-corrected chi connectivity index (χ4v) is 3.26. The maximum absolute atomic E-state index is 12.9. The number of hydrogen-bond acceptors (Lipinski definition) is 3. The number of nitrogens with zero attached hydrogens (tertiary/aromatic N) is 1. The van der Waals surface area contributed by atoms with Gasteiger partial charge in [-0.2, -0.15) is 0 Å². The second-order valence-electron chi connectivity index (χ2n) is 5.82. The zero-order chi connectivity index (χ0) is 16.4. The Morgan fingerprint density at radius 3 is 2.74 bits per heavy atom. The summed E-state index contributed by atoms with van der Waals surface area (Å²) in [6, 6.07) is 5.76. The fraction of sp³-hybridized carbons (Fsp3) is 0.389. The maximum atomic E-state index is 12.9. The minimum Gasteiger partial charge on any atom is -0.497 e. The lowest BCUT2D eigenvalue weighted by atomic mass is 10.0. The average Bonchev–Trinajstić information content (AvgIpc) is 3.22. The van der Waals surface area contributed by atoms with Gasteiger partial charge < -0.3 is 19.4 Å². The summed E-state index contributed by atoms with van der Waals surface area (Å²) in [5.41, 5.74) is 2.71. The second-order valence-corrected chi connectivity index (χ2v) is 5.82. The summed E-state index contributed by atoms with van der Waals surface area (Å²) < 4.78 is 10.8. The van der Waals surface area contributed by atoms with Crippen LogP contribution in [0.25, 0.3) is 0 Å². The highest BCUT2D eigenvalue weighted by molar-refractivity contribution is 5.96. The lowest BCUT2D eigenvalue weighted by molar-refractivity contribution is 0.0733. The molecule has 0 aliphatic carbocycles. The molecule has 1 saturated heterocycles. The molecule has 1 N–H and O–H groups in total. The molecule has 0 saturated carbocycles. The van der Waals surface area contributed by atoms with Crippen molar-refractivity contribution < 1.29 is 14.3 Å². The van der Waals surface area contributed by atoms with Crippen LogP contribution in [0.4, 0.5) is 0 Å². The molecule has 0 bridgehead atoms. The number of carbonyl (C=O) groups is 1. The molecule has 1 aromatic heterocycles. The van der Waals surface area contributed by atoms with Gasteiger partial charge in [0, 0.05) is 24.5 Å². The van der Waals surface area contributed by atoms with E-state index in [9.17, 15) is 4.79 Å². The summed E-state index contributed by atoms with van der Waals surface area (Å²) in [7, 11) is 3.30. The van der Waals surface area contributed by atoms with E-state index in [1.54, 1.807) is 20.4 Å². The van der Waals surface area contributed by atoms with Crippen LogP contribution >= 0.6 is 0 Å². The summed E-state index contributed by atoms with van der Waals surface area (Å²) in [5.74, 6) is 1.63. The fourth-order valence-electron chi connectivity index (χ4n) is 3.26. The minimum absolute atomic E-state index is 0.0156. The van der Waals surface area contributed by atoms with Gasteiger partial charge in [-0.3, -0.25) is 4.79 Å². The second kappa shape index (κ2) is 6.36. The summed E-state index contributed by atoms with van der Waals surface area (Å²) >= 11 is 0. The quantitative estimate of drug-likeness (QED) is 0.942. The highest BCUT2D eigenvalue weighted by Crippen LogP contribution is 2.39. The van der Waals surface area contributed by atoms with Gasteiger partial charge in [-0.25, -0.2) is 0 Å². The zero-order valence-electron chi connectivity index (χ0n) is 13.8. The molecule has 5 nitrogen and oxygen atoms in total. The molecule has 23 heavy (non-hydrogen) atoms. The van der Waals surface area contributed by atoms with Gasteiger partial charge in [0.1, 0.15) is 11.5 Å². The Balaban J connectivity index is 1.96. The number of aromatic nitrogens is 1. The van der Waals surface area contributed by atoms with E-state index in [-0.39, 0.29) is 11.9 Å². The van der Waals surface area contributed by atoms with E-state index >= 15 is 0 Å². The number of hydrogen-bond donors (Lipinski definition) is 1. The summed E-state index contributed by atoms with van der Waals surface area (Å²) in [6.07, 6.45) is 5.54. The van der Waals surface area contributed by atoms with Crippen LogP contribution in [0.5, 0.6) is 11.5 Å². The van der Waals surface area contributed by atoms with Gasteiger partial charge in [0.05, 0.1) is 25.8 Å². The Kier molecular flexibility index (Phi) is 4.28. The number of methoxy groups -OCH3 is 2. The van der Waals surface area contributed by atoms with Crippen LogP contribution in [0.15, 0.2) is 30.6 Å². The van der Waals surface area contributed by atoms with E-state index in [0.717, 1.165) is 47.6 Å². The lowest BCUT2D eigenvalue weighted by Crippen LogP contribution is -2.31. The summed E-state index contributed by atoms with van der Waals surface area (Å²) in [4.78, 5) is 17.8. The number of carbonyl (C=O) groups excluding carboxylic acids is 1. The highest BCUT2D eigenvalue weighted by Gasteiger charge is 2.33. The van der Waals surface area contributed by atoms with E-state index < -0.39 is 0 Å². The first-order valence-corrected chi connectivity index (χ1v) is 7.82. The van der Waals surface area contributed by atoms with Gasteiger partial charge in [0.25, 0.3) is 5.91 Å². The number of benzene rings is 1. The average molecular weight is 314 g/mol. The maximum Gasteiger partial charge on any atom is 0.256 e. The number of ether oxygens (including phenoxy) is 2. The van der Waals surface area contributed by atoms with Crippen molar-refractivity contribution in [3.63, 3.8) is 0 Å². The van der Waals surface area contributed by atoms with E-state index in [0.29, 0.717) is 0 Å². The van der Waals surface area contributed by atoms with E-state index in [1.165, 1.54) is 0 Å². The molecule has 5 heteroatoms. The Labute approximate surface area is 136 Å². The van der Waals surface area contributed by atoms with Crippen LogP contribution in [0.3, 0.4) is 0 Å². The molecule has 1 unspecified atom stereocenters. The summed E-state index contributed by atoms with van der Waals surface area (Å²) in [5, 5.41) is 0. The SMILES string of the molecule is COc1ccc(OC)c(C2CCCN2C(=O)c2c[nH]cc2C)c1. The molecular weight excluding hydrogens is 292 g/mol. The molecule has 1 aliphatic heterocycles. The molecule has 1 fully saturated rings. The lowest BCUT2D eigenvalue weighted by Gasteiger charge is -2.26. The van der Waals surface area contributed by atoms with Gasteiger partial charge in [0.2, 0.25) is 0 Å². The Morgan fingerprint density at radius 2 is 2.09 bits per heavy atom. The molecule has 2 heterocycles. The van der Waals surface area contributed by atoms with Crippen LogP contribution in [0.1, 0.15) is 40.4 Å². The van der Waals surface area contributed by atoms with Crippen LogP contribution in [-0.2, 0) is 0 Å². The van der Waals surface area contributed by atoms with Crippen molar-refractivity contribution in [2.24, 2.45) is 0 Å². The molecule has 3 rings (SSSR count). The third kappa shape index (κ3) is 2.79. The zero-order valence-corrected chi connectivity index (χ0v) is 13.8. The smallest absolute Gasteiger partial charge is 0.256 e. The first-order valence-electron chi connectivity index (χ1n) is 7.82. The Hall–Kier alpha value is -2.43.